The van der Waals surface area contributed by atoms with E-state index in [1.165, 1.54) is 0 Å². The van der Waals surface area contributed by atoms with E-state index < -0.39 is 0 Å². The van der Waals surface area contributed by atoms with Gasteiger partial charge in [0.15, 0.2) is 0 Å². The van der Waals surface area contributed by atoms with Crippen molar-refractivity contribution >= 4 is 21.7 Å². The van der Waals surface area contributed by atoms with Crippen LogP contribution in [0.1, 0.15) is 19.5 Å². The van der Waals surface area contributed by atoms with Gasteiger partial charge < -0.3 is 0 Å². The summed E-state index contributed by atoms with van der Waals surface area (Å²) in [5.41, 5.74) is 3.66. The monoisotopic (exact) mass is 423 g/mol. The quantitative estimate of drug-likeness (QED) is 0.397. The molecule has 0 unspecified atom stereocenters. The molecule has 32 heavy (non-hydrogen) atoms. The minimum atomic E-state index is -0.0875. The van der Waals surface area contributed by atoms with Gasteiger partial charge >= 0.3 is 0 Å². The Morgan fingerprint density at radius 2 is 1.75 bits per heavy atom. The molecule has 0 saturated carbocycles. The van der Waals surface area contributed by atoms with Crippen LogP contribution >= 0.6 is 0 Å². The minimum Gasteiger partial charge on any atom is -0.272 e. The Balaban J connectivity index is 1.48. The minimum absolute atomic E-state index is 0.0875. The van der Waals surface area contributed by atoms with E-state index in [4.69, 9.17) is 4.98 Å². The second kappa shape index (κ2) is 8.38. The lowest BCUT2D eigenvalue weighted by molar-refractivity contribution is 0.483. The summed E-state index contributed by atoms with van der Waals surface area (Å²) < 4.78 is 3.48. The van der Waals surface area contributed by atoms with Crippen LogP contribution in [0.3, 0.4) is 0 Å². The molecule has 0 aliphatic rings. The zero-order chi connectivity index (χ0) is 22.1. The SMILES string of the molecule is CC(C)Cn1cc(-c2cccc3cnn(CCc4ccc5ccccc5n4)c(=O)c23)cn1. The molecule has 5 rings (SSSR count). The molecule has 3 aromatic heterocycles. The van der Waals surface area contributed by atoms with Gasteiger partial charge in [-0.25, -0.2) is 4.68 Å². The number of fused-ring (bicyclic) bond motifs is 2. The van der Waals surface area contributed by atoms with Crippen molar-refractivity contribution in [1.29, 1.82) is 0 Å². The molecule has 0 aliphatic heterocycles. The van der Waals surface area contributed by atoms with Gasteiger partial charge in [-0.3, -0.25) is 14.5 Å². The largest absolute Gasteiger partial charge is 0.275 e. The van der Waals surface area contributed by atoms with Crippen molar-refractivity contribution in [3.63, 3.8) is 0 Å². The molecule has 6 nitrogen and oxygen atoms in total. The number of para-hydroxylation sites is 1. The number of nitrogens with zero attached hydrogens (tertiary/aromatic N) is 5. The van der Waals surface area contributed by atoms with E-state index in [1.54, 1.807) is 10.9 Å². The molecule has 5 aromatic rings. The highest BCUT2D eigenvalue weighted by Gasteiger charge is 2.13. The summed E-state index contributed by atoms with van der Waals surface area (Å²) in [6, 6.07) is 18.0. The topological polar surface area (TPSA) is 65.6 Å². The average molecular weight is 424 g/mol. The fraction of sp³-hybridized carbons (Fsp3) is 0.231. The van der Waals surface area contributed by atoms with Crippen molar-refractivity contribution in [2.24, 2.45) is 5.92 Å². The smallest absolute Gasteiger partial charge is 0.272 e. The zero-order valence-electron chi connectivity index (χ0n) is 18.3. The normalized spacial score (nSPS) is 11.6. The summed E-state index contributed by atoms with van der Waals surface area (Å²) in [5, 5.41) is 11.5. The molecule has 0 aliphatic carbocycles. The fourth-order valence-corrected chi connectivity index (χ4v) is 4.07. The van der Waals surface area contributed by atoms with Crippen molar-refractivity contribution in [3.8, 4) is 11.1 Å². The molecule has 6 heteroatoms. The second-order valence-corrected chi connectivity index (χ2v) is 8.53. The maximum Gasteiger partial charge on any atom is 0.275 e. The van der Waals surface area contributed by atoms with Crippen LogP contribution in [0.4, 0.5) is 0 Å². The van der Waals surface area contributed by atoms with Crippen LogP contribution in [0.2, 0.25) is 0 Å². The van der Waals surface area contributed by atoms with Gasteiger partial charge in [0.1, 0.15) is 0 Å². The van der Waals surface area contributed by atoms with E-state index in [0.717, 1.165) is 39.7 Å². The molecule has 0 radical (unpaired) electrons. The van der Waals surface area contributed by atoms with E-state index in [1.807, 2.05) is 65.6 Å². The number of aryl methyl sites for hydroxylation is 2. The summed E-state index contributed by atoms with van der Waals surface area (Å²) in [7, 11) is 0. The van der Waals surface area contributed by atoms with Crippen LogP contribution in [0.5, 0.6) is 0 Å². The predicted molar refractivity (Wildman–Crippen MR) is 128 cm³/mol. The van der Waals surface area contributed by atoms with Gasteiger partial charge in [-0.1, -0.05) is 56.3 Å². The van der Waals surface area contributed by atoms with Crippen molar-refractivity contribution < 1.29 is 0 Å². The lowest BCUT2D eigenvalue weighted by Gasteiger charge is -2.09. The van der Waals surface area contributed by atoms with Gasteiger partial charge in [-0.05, 0) is 23.6 Å². The first-order valence-electron chi connectivity index (χ1n) is 10.9. The molecule has 0 bridgehead atoms. The summed E-state index contributed by atoms with van der Waals surface area (Å²) in [5.74, 6) is 0.500. The molecule has 0 fully saturated rings. The average Bonchev–Trinajstić information content (AvgIpc) is 3.26. The Morgan fingerprint density at radius 3 is 2.62 bits per heavy atom. The highest BCUT2D eigenvalue weighted by Crippen LogP contribution is 2.25. The van der Waals surface area contributed by atoms with Gasteiger partial charge in [0, 0.05) is 41.2 Å². The Kier molecular flexibility index (Phi) is 5.27. The van der Waals surface area contributed by atoms with Crippen LogP contribution in [-0.4, -0.2) is 24.5 Å². The molecule has 0 saturated heterocycles. The molecule has 0 spiro atoms. The Bertz CT molecular complexity index is 1460. The van der Waals surface area contributed by atoms with Gasteiger partial charge in [0.25, 0.3) is 5.56 Å². The number of benzene rings is 2. The molecule has 160 valence electrons. The van der Waals surface area contributed by atoms with Crippen LogP contribution in [-0.2, 0) is 19.5 Å². The number of rotatable bonds is 6. The molecular formula is C26H25N5O. The number of aromatic nitrogens is 5. The fourth-order valence-electron chi connectivity index (χ4n) is 4.07. The molecule has 0 N–H and O–H groups in total. The standard InChI is InChI=1S/C26H25N5O/c1-18(2)16-30-17-21(15-27-30)23-8-5-7-20-14-28-31(26(32)25(20)23)13-12-22-11-10-19-6-3-4-9-24(19)29-22/h3-11,14-15,17-18H,12-13,16H2,1-2H3. The predicted octanol–water partition coefficient (Wildman–Crippen LogP) is 4.71. The number of pyridine rings is 1. The second-order valence-electron chi connectivity index (χ2n) is 8.53. The van der Waals surface area contributed by atoms with Gasteiger partial charge in [-0.15, -0.1) is 0 Å². The van der Waals surface area contributed by atoms with Crippen molar-refractivity contribution in [2.45, 2.75) is 33.4 Å². The lowest BCUT2D eigenvalue weighted by Crippen LogP contribution is -2.24. The summed E-state index contributed by atoms with van der Waals surface area (Å²) >= 11 is 0. The summed E-state index contributed by atoms with van der Waals surface area (Å²) in [6.45, 7) is 5.64. The van der Waals surface area contributed by atoms with Crippen LogP contribution in [0.15, 0.2) is 78.0 Å². The van der Waals surface area contributed by atoms with Crippen LogP contribution in [0, 0.1) is 5.92 Å². The molecule has 2 aromatic carbocycles. The van der Waals surface area contributed by atoms with Gasteiger partial charge in [-0.2, -0.15) is 10.2 Å². The van der Waals surface area contributed by atoms with Crippen molar-refractivity contribution in [3.05, 3.63) is 89.2 Å². The van der Waals surface area contributed by atoms with Crippen LogP contribution < -0.4 is 5.56 Å². The summed E-state index contributed by atoms with van der Waals surface area (Å²) in [6.07, 6.45) is 6.25. The van der Waals surface area contributed by atoms with E-state index in [2.05, 4.69) is 30.1 Å². The third-order valence-electron chi connectivity index (χ3n) is 5.61. The molecule has 0 atom stereocenters. The highest BCUT2D eigenvalue weighted by atomic mass is 16.1. The Hall–Kier alpha value is -3.80. The molecule has 0 amide bonds. The van der Waals surface area contributed by atoms with Crippen molar-refractivity contribution in [2.75, 3.05) is 0 Å². The lowest BCUT2D eigenvalue weighted by atomic mass is 10.0. The maximum atomic E-state index is 13.4. The van der Waals surface area contributed by atoms with Gasteiger partial charge in [0.2, 0.25) is 0 Å². The number of hydrogen-bond acceptors (Lipinski definition) is 4. The Morgan fingerprint density at radius 1 is 0.906 bits per heavy atom. The first-order valence-corrected chi connectivity index (χ1v) is 10.9. The number of hydrogen-bond donors (Lipinski definition) is 0. The zero-order valence-corrected chi connectivity index (χ0v) is 18.3. The van der Waals surface area contributed by atoms with E-state index in [0.29, 0.717) is 24.3 Å². The maximum absolute atomic E-state index is 13.4. The summed E-state index contributed by atoms with van der Waals surface area (Å²) in [4.78, 5) is 18.1. The van der Waals surface area contributed by atoms with Gasteiger partial charge in [0.05, 0.1) is 29.8 Å². The third kappa shape index (κ3) is 3.91. The van der Waals surface area contributed by atoms with Crippen LogP contribution in [0.25, 0.3) is 32.8 Å². The molecule has 3 heterocycles. The first-order chi connectivity index (χ1) is 15.6. The highest BCUT2D eigenvalue weighted by molar-refractivity contribution is 5.95. The third-order valence-corrected chi connectivity index (χ3v) is 5.61. The Labute approximate surface area is 186 Å². The first kappa shape index (κ1) is 20.1. The van der Waals surface area contributed by atoms with E-state index in [9.17, 15) is 4.79 Å². The molecular weight excluding hydrogens is 398 g/mol. The van der Waals surface area contributed by atoms with E-state index in [-0.39, 0.29) is 5.56 Å². The van der Waals surface area contributed by atoms with E-state index >= 15 is 0 Å². The van der Waals surface area contributed by atoms with Crippen molar-refractivity contribution in [1.82, 2.24) is 24.5 Å².